The lowest BCUT2D eigenvalue weighted by molar-refractivity contribution is 1.13. The third-order valence-corrected chi connectivity index (χ3v) is 11.5. The van der Waals surface area contributed by atoms with E-state index >= 15 is 0 Å². The summed E-state index contributed by atoms with van der Waals surface area (Å²) in [5.74, 6) is 0. The molecule has 9 rings (SSSR count). The maximum absolute atomic E-state index is 4.82. The van der Waals surface area contributed by atoms with Gasteiger partial charge in [-0.25, -0.2) is 4.98 Å². The summed E-state index contributed by atoms with van der Waals surface area (Å²) < 4.78 is 4.99. The van der Waals surface area contributed by atoms with Gasteiger partial charge in [0.05, 0.1) is 11.2 Å². The van der Waals surface area contributed by atoms with E-state index in [2.05, 4.69) is 138 Å². The van der Waals surface area contributed by atoms with Gasteiger partial charge in [-0.15, -0.1) is 0 Å². The summed E-state index contributed by atoms with van der Waals surface area (Å²) in [4.78, 5) is 9.59. The van der Waals surface area contributed by atoms with Crippen LogP contribution in [0.15, 0.2) is 158 Å². The summed E-state index contributed by atoms with van der Waals surface area (Å²) in [5, 5.41) is 7.48. The predicted octanol–water partition coefficient (Wildman–Crippen LogP) is 10.5. The zero-order valence-corrected chi connectivity index (χ0v) is 26.4. The quantitative estimate of drug-likeness (QED) is 0.136. The molecule has 0 atom stereocenters. The SMILES string of the molecule is C1=C(c2ccc3c(ccc4ccccc43)c2)C=C(c2cccc(-n3c4ccccc4c4cccnc43)c2)I=C1c1ccccn1. The number of benzene rings is 5. The van der Waals surface area contributed by atoms with Crippen LogP contribution in [-0.2, 0) is 0 Å². The molecule has 0 aliphatic carbocycles. The number of aromatic nitrogens is 3. The van der Waals surface area contributed by atoms with E-state index in [4.69, 9.17) is 9.97 Å². The highest BCUT2D eigenvalue weighted by Crippen LogP contribution is 2.40. The number of hydrogen-bond acceptors (Lipinski definition) is 2. The predicted molar refractivity (Wildman–Crippen MR) is 198 cm³/mol. The third-order valence-electron chi connectivity index (χ3n) is 8.57. The smallest absolute Gasteiger partial charge is 0.145 e. The fraction of sp³-hybridized carbons (Fsp3) is 0. The van der Waals surface area contributed by atoms with Gasteiger partial charge < -0.3 is 0 Å². The minimum absolute atomic E-state index is 0.481. The number of para-hydroxylation sites is 1. The molecule has 4 heterocycles. The van der Waals surface area contributed by atoms with Crippen LogP contribution in [0.5, 0.6) is 0 Å². The summed E-state index contributed by atoms with van der Waals surface area (Å²) >= 11 is -0.481. The number of pyridine rings is 2. The first-order valence-electron chi connectivity index (χ1n) is 15.0. The van der Waals surface area contributed by atoms with E-state index < -0.39 is 20.7 Å². The Bertz CT molecular complexity index is 2480. The summed E-state index contributed by atoms with van der Waals surface area (Å²) in [6.07, 6.45) is 8.55. The zero-order chi connectivity index (χ0) is 29.7. The van der Waals surface area contributed by atoms with E-state index in [1.165, 1.54) is 61.6 Å². The van der Waals surface area contributed by atoms with Gasteiger partial charge in [-0.2, -0.15) is 0 Å². The number of rotatable bonds is 4. The van der Waals surface area contributed by atoms with Crippen molar-refractivity contribution >= 4 is 76.9 Å². The molecule has 0 saturated heterocycles. The molecule has 1 aliphatic heterocycles. The van der Waals surface area contributed by atoms with Gasteiger partial charge in [0.1, 0.15) is 5.65 Å². The second kappa shape index (κ2) is 10.8. The molecule has 1 aliphatic rings. The van der Waals surface area contributed by atoms with E-state index in [0.29, 0.717) is 0 Å². The van der Waals surface area contributed by atoms with Crippen LogP contribution in [0.2, 0.25) is 0 Å². The van der Waals surface area contributed by atoms with Gasteiger partial charge in [0.15, 0.2) is 0 Å². The molecule has 0 fully saturated rings. The molecule has 0 saturated carbocycles. The Morgan fingerprint density at radius 3 is 2.24 bits per heavy atom. The van der Waals surface area contributed by atoms with Gasteiger partial charge in [-0.3, -0.25) is 9.55 Å². The Labute approximate surface area is 270 Å². The Hall–Kier alpha value is -5.20. The molecule has 45 heavy (non-hydrogen) atoms. The number of nitrogens with zero attached hydrogens (tertiary/aromatic N) is 3. The van der Waals surface area contributed by atoms with E-state index in [-0.39, 0.29) is 0 Å². The largest absolute Gasteiger partial charge is 0.294 e. The van der Waals surface area contributed by atoms with Gasteiger partial charge >= 0.3 is 0 Å². The number of allylic oxidation sites excluding steroid dienone is 3. The van der Waals surface area contributed by atoms with Crippen molar-refractivity contribution in [2.75, 3.05) is 0 Å². The molecule has 0 radical (unpaired) electrons. The van der Waals surface area contributed by atoms with Crippen LogP contribution in [0.25, 0.3) is 58.3 Å². The fourth-order valence-electron chi connectivity index (χ4n) is 6.45. The third kappa shape index (κ3) is 4.52. The fourth-order valence-corrected chi connectivity index (χ4v) is 9.30. The molecule has 0 bridgehead atoms. The molecular weight excluding hydrogens is 661 g/mol. The normalized spacial score (nSPS) is 13.5. The molecule has 0 spiro atoms. The van der Waals surface area contributed by atoms with Crippen LogP contribution < -0.4 is 0 Å². The lowest BCUT2D eigenvalue weighted by Crippen LogP contribution is -2.02. The molecule has 8 aromatic rings. The maximum Gasteiger partial charge on any atom is 0.145 e. The summed E-state index contributed by atoms with van der Waals surface area (Å²) in [5.41, 5.74) is 8.01. The van der Waals surface area contributed by atoms with Crippen molar-refractivity contribution in [3.8, 4) is 5.69 Å². The molecule has 4 heteroatoms. The maximum atomic E-state index is 4.82. The number of fused-ring (bicyclic) bond motifs is 6. The monoisotopic (exact) mass is 687 g/mol. The first-order chi connectivity index (χ1) is 22.3. The van der Waals surface area contributed by atoms with Crippen LogP contribution in [0.3, 0.4) is 0 Å². The van der Waals surface area contributed by atoms with Gasteiger partial charge in [-0.1, -0.05) is 106 Å². The summed E-state index contributed by atoms with van der Waals surface area (Å²) in [6, 6.07) is 47.9. The van der Waals surface area contributed by atoms with E-state index in [1.807, 2.05) is 24.5 Å². The molecule has 3 aromatic heterocycles. The van der Waals surface area contributed by atoms with Crippen molar-refractivity contribution in [3.63, 3.8) is 0 Å². The van der Waals surface area contributed by atoms with Crippen LogP contribution in [-0.4, -0.2) is 18.0 Å². The van der Waals surface area contributed by atoms with E-state index in [0.717, 1.165) is 17.0 Å². The van der Waals surface area contributed by atoms with Crippen molar-refractivity contribution in [1.29, 1.82) is 0 Å². The summed E-state index contributed by atoms with van der Waals surface area (Å²) in [6.45, 7) is 0. The average molecular weight is 688 g/mol. The van der Waals surface area contributed by atoms with Crippen molar-refractivity contribution < 1.29 is 0 Å². The highest BCUT2D eigenvalue weighted by atomic mass is 127. The van der Waals surface area contributed by atoms with Gasteiger partial charge in [0.25, 0.3) is 0 Å². The van der Waals surface area contributed by atoms with E-state index in [1.54, 1.807) is 0 Å². The van der Waals surface area contributed by atoms with Crippen molar-refractivity contribution in [3.05, 3.63) is 175 Å². The molecule has 0 amide bonds. The molecule has 0 N–H and O–H groups in total. The average Bonchev–Trinajstić information content (AvgIpc) is 3.46. The topological polar surface area (TPSA) is 30.7 Å². The van der Waals surface area contributed by atoms with Crippen LogP contribution in [0, 0.1) is 0 Å². The number of hydrogen-bond donors (Lipinski definition) is 0. The zero-order valence-electron chi connectivity index (χ0n) is 24.2. The van der Waals surface area contributed by atoms with Crippen molar-refractivity contribution in [2.24, 2.45) is 0 Å². The lowest BCUT2D eigenvalue weighted by atomic mass is 9.96. The highest BCUT2D eigenvalue weighted by Gasteiger charge is 2.17. The van der Waals surface area contributed by atoms with Crippen LogP contribution in [0.1, 0.15) is 16.8 Å². The van der Waals surface area contributed by atoms with Gasteiger partial charge in [-0.05, 0) is 98.9 Å². The number of halogens is 1. The molecule has 3 nitrogen and oxygen atoms in total. The first-order valence-corrected chi connectivity index (χ1v) is 17.2. The summed E-state index contributed by atoms with van der Waals surface area (Å²) in [7, 11) is 0. The Balaban J connectivity index is 1.21. The van der Waals surface area contributed by atoms with E-state index in [9.17, 15) is 0 Å². The first kappa shape index (κ1) is 26.2. The van der Waals surface area contributed by atoms with Gasteiger partial charge in [0, 0.05) is 35.9 Å². The van der Waals surface area contributed by atoms with Gasteiger partial charge in [0.2, 0.25) is 0 Å². The molecule has 0 unspecified atom stereocenters. The Morgan fingerprint density at radius 1 is 0.511 bits per heavy atom. The van der Waals surface area contributed by atoms with Crippen LogP contribution in [0.4, 0.5) is 0 Å². The lowest BCUT2D eigenvalue weighted by Gasteiger charge is -2.16. The second-order valence-corrected chi connectivity index (χ2v) is 14.1. The standard InChI is InChI=1S/C41H26IN3/c1-2-12-33-27(9-1)17-18-29-23-28(19-20-34(29)33)31-25-37(42-38(26-31)39-15-5-6-21-43-39)30-10-7-11-32(24-30)45-40-16-4-3-13-35(40)36-14-8-22-44-41(36)45/h1-26H. The minimum atomic E-state index is -0.481. The molecule has 5 aromatic carbocycles. The molecule has 212 valence electrons. The second-order valence-electron chi connectivity index (χ2n) is 11.2. The van der Waals surface area contributed by atoms with Crippen LogP contribution >= 0.6 is 20.7 Å². The minimum Gasteiger partial charge on any atom is -0.294 e. The Kier molecular flexibility index (Phi) is 6.27. The van der Waals surface area contributed by atoms with Crippen molar-refractivity contribution in [1.82, 2.24) is 14.5 Å². The Morgan fingerprint density at radius 2 is 1.31 bits per heavy atom. The van der Waals surface area contributed by atoms with Crippen molar-refractivity contribution in [2.45, 2.75) is 0 Å². The highest BCUT2D eigenvalue weighted by molar-refractivity contribution is 14.2. The molecular formula is C41H26IN3.